The monoisotopic (exact) mass is 250 g/mol. The molecule has 1 heterocycles. The lowest BCUT2D eigenvalue weighted by Gasteiger charge is -2.16. The molecule has 98 valence electrons. The Morgan fingerprint density at radius 3 is 2.72 bits per heavy atom. The Kier molecular flexibility index (Phi) is 5.45. The molecule has 5 heteroatoms. The Morgan fingerprint density at radius 1 is 1.50 bits per heavy atom. The van der Waals surface area contributed by atoms with E-state index >= 15 is 0 Å². The molecule has 1 rings (SSSR count). The standard InChI is InChI=1S/C13H18N2O3/c1-9(7-14)6-11(13(17)18-2)12(16)10-4-3-5-15-8-10/h3-5,8-9,11H,6-7,14H2,1-2H3. The third-order valence-corrected chi connectivity index (χ3v) is 2.79. The number of nitrogens with two attached hydrogens (primary N) is 1. The molecule has 2 N–H and O–H groups in total. The van der Waals surface area contributed by atoms with Crippen molar-refractivity contribution in [2.75, 3.05) is 13.7 Å². The number of esters is 1. The second kappa shape index (κ2) is 6.86. The molecule has 0 aliphatic heterocycles. The van der Waals surface area contributed by atoms with Gasteiger partial charge in [-0.05, 0) is 31.0 Å². The number of aromatic nitrogens is 1. The van der Waals surface area contributed by atoms with E-state index in [0.29, 0.717) is 18.5 Å². The first kappa shape index (κ1) is 14.3. The molecule has 5 nitrogen and oxygen atoms in total. The number of ketones is 1. The number of rotatable bonds is 6. The van der Waals surface area contributed by atoms with Gasteiger partial charge in [-0.1, -0.05) is 6.92 Å². The molecule has 1 aromatic heterocycles. The minimum atomic E-state index is -0.808. The average molecular weight is 250 g/mol. The van der Waals surface area contributed by atoms with Gasteiger partial charge in [0.15, 0.2) is 5.78 Å². The van der Waals surface area contributed by atoms with Crippen LogP contribution in [0, 0.1) is 11.8 Å². The molecule has 0 aromatic carbocycles. The minimum Gasteiger partial charge on any atom is -0.468 e. The third-order valence-electron chi connectivity index (χ3n) is 2.79. The largest absolute Gasteiger partial charge is 0.468 e. The average Bonchev–Trinajstić information content (AvgIpc) is 2.43. The van der Waals surface area contributed by atoms with Crippen molar-refractivity contribution in [2.45, 2.75) is 13.3 Å². The maximum absolute atomic E-state index is 12.2. The van der Waals surface area contributed by atoms with Crippen LogP contribution in [-0.2, 0) is 9.53 Å². The second-order valence-corrected chi connectivity index (χ2v) is 4.26. The van der Waals surface area contributed by atoms with Crippen molar-refractivity contribution < 1.29 is 14.3 Å². The number of Topliss-reactive ketones (excluding diaryl/α,β-unsaturated/α-hetero) is 1. The molecule has 18 heavy (non-hydrogen) atoms. The first-order chi connectivity index (χ1) is 8.60. The van der Waals surface area contributed by atoms with E-state index in [0.717, 1.165) is 0 Å². The van der Waals surface area contributed by atoms with Crippen LogP contribution in [0.5, 0.6) is 0 Å². The molecule has 0 radical (unpaired) electrons. The van der Waals surface area contributed by atoms with Crippen LogP contribution in [0.4, 0.5) is 0 Å². The highest BCUT2D eigenvalue weighted by Crippen LogP contribution is 2.18. The van der Waals surface area contributed by atoms with Gasteiger partial charge in [0.2, 0.25) is 0 Å². The van der Waals surface area contributed by atoms with Crippen LogP contribution in [0.25, 0.3) is 0 Å². The molecule has 1 aromatic rings. The van der Waals surface area contributed by atoms with E-state index < -0.39 is 11.9 Å². The summed E-state index contributed by atoms with van der Waals surface area (Å²) in [4.78, 5) is 27.8. The van der Waals surface area contributed by atoms with Gasteiger partial charge in [0.05, 0.1) is 7.11 Å². The maximum Gasteiger partial charge on any atom is 0.316 e. The van der Waals surface area contributed by atoms with Gasteiger partial charge in [-0.2, -0.15) is 0 Å². The normalized spacial score (nSPS) is 13.7. The van der Waals surface area contributed by atoms with Crippen LogP contribution < -0.4 is 5.73 Å². The van der Waals surface area contributed by atoms with Crippen LogP contribution >= 0.6 is 0 Å². The summed E-state index contributed by atoms with van der Waals surface area (Å²) < 4.78 is 4.68. The van der Waals surface area contributed by atoms with Crippen molar-refractivity contribution in [3.05, 3.63) is 30.1 Å². The molecule has 2 atom stereocenters. The predicted molar refractivity (Wildman–Crippen MR) is 66.9 cm³/mol. The van der Waals surface area contributed by atoms with E-state index in [9.17, 15) is 9.59 Å². The molecule has 0 saturated heterocycles. The van der Waals surface area contributed by atoms with Crippen molar-refractivity contribution in [2.24, 2.45) is 17.6 Å². The smallest absolute Gasteiger partial charge is 0.316 e. The zero-order valence-corrected chi connectivity index (χ0v) is 10.6. The number of carbonyl (C=O) groups excluding carboxylic acids is 2. The van der Waals surface area contributed by atoms with Crippen LogP contribution in [0.2, 0.25) is 0 Å². The highest BCUT2D eigenvalue weighted by atomic mass is 16.5. The number of methoxy groups -OCH3 is 1. The van der Waals surface area contributed by atoms with E-state index in [2.05, 4.69) is 9.72 Å². The topological polar surface area (TPSA) is 82.3 Å². The number of hydrogen-bond donors (Lipinski definition) is 1. The van der Waals surface area contributed by atoms with Gasteiger partial charge in [0.1, 0.15) is 5.92 Å². The summed E-state index contributed by atoms with van der Waals surface area (Å²) in [7, 11) is 1.28. The molecule has 2 unspecified atom stereocenters. The summed E-state index contributed by atoms with van der Waals surface area (Å²) >= 11 is 0. The number of carbonyl (C=O) groups is 2. The second-order valence-electron chi connectivity index (χ2n) is 4.26. The van der Waals surface area contributed by atoms with Crippen molar-refractivity contribution in [1.82, 2.24) is 4.98 Å². The highest BCUT2D eigenvalue weighted by Gasteiger charge is 2.29. The summed E-state index contributed by atoms with van der Waals surface area (Å²) in [6.45, 7) is 2.32. The Bertz CT molecular complexity index is 406. The molecule has 0 aliphatic carbocycles. The zero-order chi connectivity index (χ0) is 13.5. The van der Waals surface area contributed by atoms with E-state index in [1.54, 1.807) is 18.3 Å². The van der Waals surface area contributed by atoms with E-state index in [1.807, 2.05) is 6.92 Å². The van der Waals surface area contributed by atoms with Crippen molar-refractivity contribution >= 4 is 11.8 Å². The van der Waals surface area contributed by atoms with Gasteiger partial charge >= 0.3 is 5.97 Å². The molecule has 0 aliphatic rings. The minimum absolute atomic E-state index is 0.0784. The molecule has 0 amide bonds. The summed E-state index contributed by atoms with van der Waals surface area (Å²) in [5.74, 6) is -1.52. The zero-order valence-electron chi connectivity index (χ0n) is 10.6. The maximum atomic E-state index is 12.2. The summed E-state index contributed by atoms with van der Waals surface area (Å²) in [5.41, 5.74) is 5.94. The summed E-state index contributed by atoms with van der Waals surface area (Å²) in [6.07, 6.45) is 3.41. The van der Waals surface area contributed by atoms with Crippen molar-refractivity contribution in [1.29, 1.82) is 0 Å². The fraction of sp³-hybridized carbons (Fsp3) is 0.462. The van der Waals surface area contributed by atoms with Gasteiger partial charge in [0, 0.05) is 18.0 Å². The first-order valence-corrected chi connectivity index (χ1v) is 5.82. The van der Waals surface area contributed by atoms with Gasteiger partial charge in [-0.3, -0.25) is 14.6 Å². The lowest BCUT2D eigenvalue weighted by atomic mass is 9.89. The Hall–Kier alpha value is -1.75. The lowest BCUT2D eigenvalue weighted by molar-refractivity contribution is -0.144. The molecule has 0 spiro atoms. The highest BCUT2D eigenvalue weighted by molar-refractivity contribution is 6.08. The Morgan fingerprint density at radius 2 is 2.22 bits per heavy atom. The van der Waals surface area contributed by atoms with Gasteiger partial charge in [-0.15, -0.1) is 0 Å². The van der Waals surface area contributed by atoms with Gasteiger partial charge in [-0.25, -0.2) is 0 Å². The van der Waals surface area contributed by atoms with E-state index in [-0.39, 0.29) is 11.7 Å². The van der Waals surface area contributed by atoms with Crippen LogP contribution in [0.3, 0.4) is 0 Å². The van der Waals surface area contributed by atoms with Crippen LogP contribution in [0.15, 0.2) is 24.5 Å². The lowest BCUT2D eigenvalue weighted by Crippen LogP contribution is -2.29. The summed E-state index contributed by atoms with van der Waals surface area (Å²) in [6, 6.07) is 3.30. The number of nitrogens with zero attached hydrogens (tertiary/aromatic N) is 1. The first-order valence-electron chi connectivity index (χ1n) is 5.82. The SMILES string of the molecule is COC(=O)C(CC(C)CN)C(=O)c1cccnc1. The van der Waals surface area contributed by atoms with Gasteiger partial charge in [0.25, 0.3) is 0 Å². The number of hydrogen-bond acceptors (Lipinski definition) is 5. The number of pyridine rings is 1. The van der Waals surface area contributed by atoms with Gasteiger partial charge < -0.3 is 10.5 Å². The van der Waals surface area contributed by atoms with Crippen molar-refractivity contribution in [3.8, 4) is 0 Å². The van der Waals surface area contributed by atoms with E-state index in [4.69, 9.17) is 5.73 Å². The van der Waals surface area contributed by atoms with E-state index in [1.165, 1.54) is 13.3 Å². The molecule has 0 bridgehead atoms. The molecule has 0 fully saturated rings. The molecule has 0 saturated carbocycles. The Labute approximate surface area is 106 Å². The van der Waals surface area contributed by atoms with Crippen LogP contribution in [-0.4, -0.2) is 30.4 Å². The van der Waals surface area contributed by atoms with Crippen LogP contribution in [0.1, 0.15) is 23.7 Å². The fourth-order valence-electron chi connectivity index (χ4n) is 1.66. The predicted octanol–water partition coefficient (Wildman–Crippen LogP) is 1.04. The number of ether oxygens (including phenoxy) is 1. The Balaban J connectivity index is 2.89. The molecular formula is C13H18N2O3. The fourth-order valence-corrected chi connectivity index (χ4v) is 1.66. The van der Waals surface area contributed by atoms with Crippen molar-refractivity contribution in [3.63, 3.8) is 0 Å². The quantitative estimate of drug-likeness (QED) is 0.463. The molecular weight excluding hydrogens is 232 g/mol. The summed E-state index contributed by atoms with van der Waals surface area (Å²) in [5, 5.41) is 0. The third kappa shape index (κ3) is 3.63.